The van der Waals surface area contributed by atoms with Crippen LogP contribution >= 0.6 is 23.2 Å². The number of fused-ring (bicyclic) bond motifs is 1. The Labute approximate surface area is 162 Å². The lowest BCUT2D eigenvalue weighted by molar-refractivity contribution is 0.303. The number of benzene rings is 2. The summed E-state index contributed by atoms with van der Waals surface area (Å²) in [6, 6.07) is 11.7. The van der Waals surface area contributed by atoms with E-state index in [1.54, 1.807) is 18.2 Å². The maximum atomic E-state index is 6.13. The van der Waals surface area contributed by atoms with Crippen molar-refractivity contribution in [2.45, 2.75) is 32.2 Å². The largest absolute Gasteiger partial charge is 0.492 e. The van der Waals surface area contributed by atoms with Crippen LogP contribution in [0.5, 0.6) is 5.75 Å². The van der Waals surface area contributed by atoms with E-state index in [1.807, 2.05) is 4.57 Å². The van der Waals surface area contributed by atoms with Crippen molar-refractivity contribution in [1.29, 1.82) is 0 Å². The highest BCUT2D eigenvalue weighted by molar-refractivity contribution is 6.35. The highest BCUT2D eigenvalue weighted by Crippen LogP contribution is 2.33. The molecule has 1 heterocycles. The normalized spacial score (nSPS) is 14.1. The van der Waals surface area contributed by atoms with E-state index in [2.05, 4.69) is 23.2 Å². The van der Waals surface area contributed by atoms with Gasteiger partial charge in [-0.2, -0.15) is 0 Å². The molecule has 4 rings (SSSR count). The molecule has 6 heteroatoms. The molecule has 0 unspecified atom stereocenters. The third kappa shape index (κ3) is 3.92. The Balaban J connectivity index is 1.39. The van der Waals surface area contributed by atoms with Gasteiger partial charge in [0.1, 0.15) is 5.75 Å². The van der Waals surface area contributed by atoms with Gasteiger partial charge in [-0.15, -0.1) is 0 Å². The van der Waals surface area contributed by atoms with Gasteiger partial charge < -0.3 is 15.0 Å². The molecule has 26 heavy (non-hydrogen) atoms. The first kappa shape index (κ1) is 17.5. The molecular weight excluding hydrogens is 369 g/mol. The molecule has 3 aromatic rings. The average Bonchev–Trinajstić information content (AvgIpc) is 3.35. The second kappa shape index (κ2) is 7.37. The van der Waals surface area contributed by atoms with Crippen LogP contribution in [-0.4, -0.2) is 16.2 Å². The minimum atomic E-state index is 0.522. The molecule has 0 spiro atoms. The monoisotopic (exact) mass is 389 g/mol. The van der Waals surface area contributed by atoms with Gasteiger partial charge in [0.25, 0.3) is 0 Å². The summed E-state index contributed by atoms with van der Waals surface area (Å²) >= 11 is 12.0. The van der Waals surface area contributed by atoms with Gasteiger partial charge in [-0.1, -0.05) is 29.3 Å². The molecule has 1 saturated carbocycles. The molecule has 1 fully saturated rings. The zero-order chi connectivity index (χ0) is 18.1. The van der Waals surface area contributed by atoms with E-state index in [0.717, 1.165) is 36.3 Å². The molecule has 2 aromatic carbocycles. The van der Waals surface area contributed by atoms with E-state index >= 15 is 0 Å². The second-order valence-corrected chi connectivity index (χ2v) is 7.71. The van der Waals surface area contributed by atoms with Crippen molar-refractivity contribution in [3.05, 3.63) is 52.0 Å². The van der Waals surface area contributed by atoms with Crippen molar-refractivity contribution in [3.8, 4) is 5.75 Å². The molecule has 136 valence electrons. The second-order valence-electron chi connectivity index (χ2n) is 6.87. The van der Waals surface area contributed by atoms with Gasteiger partial charge >= 0.3 is 0 Å². The summed E-state index contributed by atoms with van der Waals surface area (Å²) < 4.78 is 7.79. The third-order valence-corrected chi connectivity index (χ3v) is 5.27. The molecule has 0 amide bonds. The quantitative estimate of drug-likeness (QED) is 0.554. The third-order valence-electron chi connectivity index (χ3n) is 4.74. The van der Waals surface area contributed by atoms with Crippen molar-refractivity contribution in [2.75, 3.05) is 12.3 Å². The van der Waals surface area contributed by atoms with Gasteiger partial charge in [-0.3, -0.25) is 0 Å². The molecular formula is C20H21Cl2N3O. The summed E-state index contributed by atoms with van der Waals surface area (Å²) in [6.07, 6.45) is 4.66. The van der Waals surface area contributed by atoms with Crippen molar-refractivity contribution >= 4 is 40.2 Å². The molecule has 0 saturated heterocycles. The number of nitrogens with two attached hydrogens (primary N) is 1. The summed E-state index contributed by atoms with van der Waals surface area (Å²) in [6.45, 7) is 1.29. The number of imidazole rings is 1. The summed E-state index contributed by atoms with van der Waals surface area (Å²) in [5.74, 6) is 2.06. The molecule has 0 atom stereocenters. The van der Waals surface area contributed by atoms with Crippen LogP contribution in [-0.2, 0) is 13.0 Å². The van der Waals surface area contributed by atoms with Crippen LogP contribution in [0.2, 0.25) is 10.0 Å². The minimum absolute atomic E-state index is 0.522. The molecule has 1 aromatic heterocycles. The SMILES string of the molecule is Nc1nc2cc(CC3CC3)ccc2n1CCCOc1ccc(Cl)cc1Cl. The number of aromatic nitrogens is 2. The number of aryl methyl sites for hydroxylation is 1. The fourth-order valence-corrected chi connectivity index (χ4v) is 3.67. The molecule has 2 N–H and O–H groups in total. The van der Waals surface area contributed by atoms with Crippen molar-refractivity contribution in [2.24, 2.45) is 5.92 Å². The Kier molecular flexibility index (Phi) is 4.96. The van der Waals surface area contributed by atoms with E-state index in [0.29, 0.717) is 28.3 Å². The number of nitrogens with zero attached hydrogens (tertiary/aromatic N) is 2. The van der Waals surface area contributed by atoms with Crippen molar-refractivity contribution in [3.63, 3.8) is 0 Å². The lowest BCUT2D eigenvalue weighted by Gasteiger charge is -2.10. The van der Waals surface area contributed by atoms with Gasteiger partial charge in [-0.25, -0.2) is 4.98 Å². The maximum Gasteiger partial charge on any atom is 0.201 e. The predicted octanol–water partition coefficient (Wildman–Crippen LogP) is 5.35. The lowest BCUT2D eigenvalue weighted by Crippen LogP contribution is -2.07. The van der Waals surface area contributed by atoms with Gasteiger partial charge in [0, 0.05) is 11.6 Å². The first-order valence-electron chi connectivity index (χ1n) is 8.92. The van der Waals surface area contributed by atoms with E-state index < -0.39 is 0 Å². The first-order valence-corrected chi connectivity index (χ1v) is 9.68. The lowest BCUT2D eigenvalue weighted by atomic mass is 10.1. The van der Waals surface area contributed by atoms with Crippen LogP contribution < -0.4 is 10.5 Å². The highest BCUT2D eigenvalue weighted by atomic mass is 35.5. The van der Waals surface area contributed by atoms with E-state index in [9.17, 15) is 0 Å². The molecule has 0 bridgehead atoms. The Morgan fingerprint density at radius 3 is 2.77 bits per heavy atom. The van der Waals surface area contributed by atoms with Gasteiger partial charge in [0.2, 0.25) is 5.95 Å². The average molecular weight is 390 g/mol. The van der Waals surface area contributed by atoms with Crippen molar-refractivity contribution < 1.29 is 4.74 Å². The maximum absolute atomic E-state index is 6.13. The molecule has 1 aliphatic rings. The minimum Gasteiger partial charge on any atom is -0.492 e. The summed E-state index contributed by atoms with van der Waals surface area (Å²) in [7, 11) is 0. The smallest absolute Gasteiger partial charge is 0.201 e. The standard InChI is InChI=1S/C20H21Cl2N3O/c21-15-5-7-19(16(22)12-15)26-9-1-8-25-18-6-4-14(10-13-2-3-13)11-17(18)24-20(25)23/h4-7,11-13H,1-3,8-10H2,(H2,23,24). The molecule has 4 nitrogen and oxygen atoms in total. The van der Waals surface area contributed by atoms with Gasteiger partial charge in [-0.05, 0) is 67.5 Å². The summed E-state index contributed by atoms with van der Waals surface area (Å²) in [5.41, 5.74) is 9.53. The number of halogens is 2. The zero-order valence-electron chi connectivity index (χ0n) is 14.4. The number of rotatable bonds is 7. The van der Waals surface area contributed by atoms with E-state index in [-0.39, 0.29) is 0 Å². The van der Waals surface area contributed by atoms with Crippen LogP contribution in [0.25, 0.3) is 11.0 Å². The molecule has 0 aliphatic heterocycles. The van der Waals surface area contributed by atoms with E-state index in [1.165, 1.54) is 18.4 Å². The first-order chi connectivity index (χ1) is 12.6. The molecule has 1 aliphatic carbocycles. The fraction of sp³-hybridized carbons (Fsp3) is 0.350. The highest BCUT2D eigenvalue weighted by Gasteiger charge is 2.21. The summed E-state index contributed by atoms with van der Waals surface area (Å²) in [5, 5.41) is 1.12. The van der Waals surface area contributed by atoms with Gasteiger partial charge in [0.05, 0.1) is 22.7 Å². The Bertz CT molecular complexity index is 934. The van der Waals surface area contributed by atoms with Crippen LogP contribution in [0.15, 0.2) is 36.4 Å². The van der Waals surface area contributed by atoms with E-state index in [4.69, 9.17) is 33.7 Å². The van der Waals surface area contributed by atoms with Crippen LogP contribution in [0, 0.1) is 5.92 Å². The number of ether oxygens (including phenoxy) is 1. The fourth-order valence-electron chi connectivity index (χ4n) is 3.21. The van der Waals surface area contributed by atoms with Crippen LogP contribution in [0.4, 0.5) is 5.95 Å². The predicted molar refractivity (Wildman–Crippen MR) is 107 cm³/mol. The van der Waals surface area contributed by atoms with Crippen LogP contribution in [0.3, 0.4) is 0 Å². The van der Waals surface area contributed by atoms with Gasteiger partial charge in [0.15, 0.2) is 0 Å². The number of nitrogen functional groups attached to an aromatic ring is 1. The topological polar surface area (TPSA) is 53.1 Å². The number of hydrogen-bond donors (Lipinski definition) is 1. The Hall–Kier alpha value is -1.91. The number of hydrogen-bond acceptors (Lipinski definition) is 3. The zero-order valence-corrected chi connectivity index (χ0v) is 15.9. The molecule has 0 radical (unpaired) electrons. The Morgan fingerprint density at radius 2 is 2.00 bits per heavy atom. The van der Waals surface area contributed by atoms with Crippen LogP contribution in [0.1, 0.15) is 24.8 Å². The summed E-state index contributed by atoms with van der Waals surface area (Å²) in [4.78, 5) is 4.53. The van der Waals surface area contributed by atoms with Crippen molar-refractivity contribution in [1.82, 2.24) is 9.55 Å². The Morgan fingerprint density at radius 1 is 1.15 bits per heavy atom. The number of anilines is 1.